The lowest BCUT2D eigenvalue weighted by Gasteiger charge is -2.25. The van der Waals surface area contributed by atoms with Gasteiger partial charge in [0.1, 0.15) is 0 Å². The molecule has 0 aromatic heterocycles. The van der Waals surface area contributed by atoms with Crippen LogP contribution in [-0.4, -0.2) is 40.4 Å². The predicted molar refractivity (Wildman–Crippen MR) is 78.5 cm³/mol. The summed E-state index contributed by atoms with van der Waals surface area (Å²) >= 11 is 0. The van der Waals surface area contributed by atoms with Gasteiger partial charge in [0.05, 0.1) is 6.54 Å². The second-order valence-corrected chi connectivity index (χ2v) is 4.79. The first-order chi connectivity index (χ1) is 9.81. The average Bonchev–Trinajstić information content (AvgIpc) is 2.42. The van der Waals surface area contributed by atoms with Crippen molar-refractivity contribution in [2.24, 2.45) is 5.73 Å². The topological polar surface area (TPSA) is 101 Å². The van der Waals surface area contributed by atoms with Gasteiger partial charge in [-0.05, 0) is 37.6 Å². The van der Waals surface area contributed by atoms with E-state index < -0.39 is 11.9 Å². The zero-order valence-electron chi connectivity index (χ0n) is 11.9. The molecule has 0 bridgehead atoms. The highest BCUT2D eigenvalue weighted by atomic mass is 16.4. The molecule has 21 heavy (non-hydrogen) atoms. The summed E-state index contributed by atoms with van der Waals surface area (Å²) in [5.41, 5.74) is 6.22. The molecule has 6 heteroatoms. The number of carbonyl (C=O) groups excluding carboxylic acids is 2. The van der Waals surface area contributed by atoms with Gasteiger partial charge >= 0.3 is 5.97 Å². The minimum absolute atomic E-state index is 0.142. The Labute approximate surface area is 122 Å². The predicted octanol–water partition coefficient (Wildman–Crippen LogP) is 1.12. The van der Waals surface area contributed by atoms with Gasteiger partial charge in [-0.3, -0.25) is 9.59 Å². The molecule has 0 aliphatic carbocycles. The summed E-state index contributed by atoms with van der Waals surface area (Å²) in [5, 5.41) is 8.54. The van der Waals surface area contributed by atoms with Gasteiger partial charge in [-0.15, -0.1) is 0 Å². The zero-order chi connectivity index (χ0) is 16.0. The number of nitrogens with two attached hydrogens (primary N) is 1. The fourth-order valence-electron chi connectivity index (χ4n) is 1.73. The largest absolute Gasteiger partial charge is 0.478 e. The summed E-state index contributed by atoms with van der Waals surface area (Å²) in [5.74, 6) is -1.90. The highest BCUT2D eigenvalue weighted by Crippen LogP contribution is 2.11. The zero-order valence-corrected chi connectivity index (χ0v) is 11.9. The van der Waals surface area contributed by atoms with Crippen molar-refractivity contribution in [2.45, 2.75) is 19.9 Å². The number of nitrogens with zero attached hydrogens (tertiary/aromatic N) is 1. The first kappa shape index (κ1) is 16.4. The molecule has 0 aliphatic heterocycles. The summed E-state index contributed by atoms with van der Waals surface area (Å²) in [4.78, 5) is 35.1. The third-order valence-electron chi connectivity index (χ3n) is 2.79. The molecule has 6 nitrogen and oxygen atoms in total. The molecule has 0 aliphatic rings. The molecular weight excluding hydrogens is 272 g/mol. The maximum Gasteiger partial charge on any atom is 0.328 e. The highest BCUT2D eigenvalue weighted by molar-refractivity contribution is 5.96. The normalized spacial score (nSPS) is 10.8. The van der Waals surface area contributed by atoms with E-state index in [2.05, 4.69) is 0 Å². The summed E-state index contributed by atoms with van der Waals surface area (Å²) in [7, 11) is 0. The monoisotopic (exact) mass is 290 g/mol. The van der Waals surface area contributed by atoms with Crippen LogP contribution in [-0.2, 0) is 9.59 Å². The van der Waals surface area contributed by atoms with Crippen LogP contribution in [0.2, 0.25) is 0 Å². The Morgan fingerprint density at radius 3 is 2.24 bits per heavy atom. The lowest BCUT2D eigenvalue weighted by molar-refractivity contribution is -0.131. The number of hydrogen-bond donors (Lipinski definition) is 2. The molecule has 1 aromatic rings. The summed E-state index contributed by atoms with van der Waals surface area (Å²) in [6.07, 6.45) is 2.45. The lowest BCUT2D eigenvalue weighted by atomic mass is 10.1. The molecule has 0 unspecified atom stereocenters. The van der Waals surface area contributed by atoms with Gasteiger partial charge in [-0.25, -0.2) is 4.79 Å². The van der Waals surface area contributed by atoms with Crippen molar-refractivity contribution >= 4 is 23.9 Å². The SMILES string of the molecule is CC(C)N(CC(N)=O)C(=O)c1ccc(C=CC(=O)O)cc1. The summed E-state index contributed by atoms with van der Waals surface area (Å²) in [6.45, 7) is 3.45. The molecule has 3 N–H and O–H groups in total. The first-order valence-electron chi connectivity index (χ1n) is 6.41. The van der Waals surface area contributed by atoms with E-state index >= 15 is 0 Å². The van der Waals surface area contributed by atoms with E-state index in [0.717, 1.165) is 6.08 Å². The number of benzene rings is 1. The average molecular weight is 290 g/mol. The third-order valence-corrected chi connectivity index (χ3v) is 2.79. The number of carboxylic acid groups (broad SMARTS) is 1. The van der Waals surface area contributed by atoms with E-state index in [1.54, 1.807) is 38.1 Å². The number of rotatable bonds is 6. The van der Waals surface area contributed by atoms with Crippen molar-refractivity contribution in [3.05, 3.63) is 41.5 Å². The van der Waals surface area contributed by atoms with Crippen molar-refractivity contribution in [1.29, 1.82) is 0 Å². The van der Waals surface area contributed by atoms with Crippen molar-refractivity contribution in [1.82, 2.24) is 4.90 Å². The van der Waals surface area contributed by atoms with Crippen LogP contribution in [0, 0.1) is 0 Å². The Kier molecular flexibility index (Phi) is 5.66. The number of hydrogen-bond acceptors (Lipinski definition) is 3. The highest BCUT2D eigenvalue weighted by Gasteiger charge is 2.20. The van der Waals surface area contributed by atoms with Crippen LogP contribution in [0.15, 0.2) is 30.3 Å². The Hall–Kier alpha value is -2.63. The Morgan fingerprint density at radius 1 is 1.24 bits per heavy atom. The second-order valence-electron chi connectivity index (χ2n) is 4.79. The number of carboxylic acids is 1. The fraction of sp³-hybridized carbons (Fsp3) is 0.267. The Morgan fingerprint density at radius 2 is 1.81 bits per heavy atom. The first-order valence-corrected chi connectivity index (χ1v) is 6.41. The molecule has 0 heterocycles. The van der Waals surface area contributed by atoms with Gasteiger partial charge in [-0.1, -0.05) is 12.1 Å². The molecule has 0 saturated carbocycles. The maximum absolute atomic E-state index is 12.3. The van der Waals surface area contributed by atoms with Gasteiger partial charge in [0.2, 0.25) is 5.91 Å². The van der Waals surface area contributed by atoms with Crippen molar-refractivity contribution in [3.8, 4) is 0 Å². The van der Waals surface area contributed by atoms with Crippen LogP contribution in [0.4, 0.5) is 0 Å². The molecule has 0 atom stereocenters. The second kappa shape index (κ2) is 7.23. The van der Waals surface area contributed by atoms with Crippen LogP contribution >= 0.6 is 0 Å². The van der Waals surface area contributed by atoms with E-state index in [4.69, 9.17) is 10.8 Å². The maximum atomic E-state index is 12.3. The molecule has 1 rings (SSSR count). The van der Waals surface area contributed by atoms with E-state index in [-0.39, 0.29) is 18.5 Å². The van der Waals surface area contributed by atoms with Gasteiger partial charge in [-0.2, -0.15) is 0 Å². The van der Waals surface area contributed by atoms with Crippen molar-refractivity contribution < 1.29 is 19.5 Å². The van der Waals surface area contributed by atoms with Crippen LogP contribution in [0.25, 0.3) is 6.08 Å². The van der Waals surface area contributed by atoms with Crippen LogP contribution in [0.3, 0.4) is 0 Å². The molecule has 0 spiro atoms. The fourth-order valence-corrected chi connectivity index (χ4v) is 1.73. The minimum atomic E-state index is -1.04. The lowest BCUT2D eigenvalue weighted by Crippen LogP contribution is -2.42. The van der Waals surface area contributed by atoms with Crippen LogP contribution in [0.1, 0.15) is 29.8 Å². The number of primary amides is 1. The van der Waals surface area contributed by atoms with E-state index in [9.17, 15) is 14.4 Å². The number of carbonyl (C=O) groups is 3. The smallest absolute Gasteiger partial charge is 0.328 e. The molecule has 0 fully saturated rings. The molecule has 1 aromatic carbocycles. The molecule has 0 saturated heterocycles. The van der Waals surface area contributed by atoms with E-state index in [1.807, 2.05) is 0 Å². The van der Waals surface area contributed by atoms with Crippen molar-refractivity contribution in [3.63, 3.8) is 0 Å². The van der Waals surface area contributed by atoms with Gasteiger partial charge in [0.25, 0.3) is 5.91 Å². The molecule has 2 amide bonds. The third kappa shape index (κ3) is 5.10. The standard InChI is InChI=1S/C15H18N2O4/c1-10(2)17(9-13(16)18)15(21)12-6-3-11(4-7-12)5-8-14(19)20/h3-8,10H,9H2,1-2H3,(H2,16,18)(H,19,20). The number of aliphatic carboxylic acids is 1. The van der Waals surface area contributed by atoms with E-state index in [0.29, 0.717) is 11.1 Å². The molecular formula is C15H18N2O4. The van der Waals surface area contributed by atoms with Gasteiger partial charge in [0, 0.05) is 17.7 Å². The van der Waals surface area contributed by atoms with Gasteiger partial charge in [0.15, 0.2) is 0 Å². The molecule has 0 radical (unpaired) electrons. The quantitative estimate of drug-likeness (QED) is 0.766. The van der Waals surface area contributed by atoms with Crippen molar-refractivity contribution in [2.75, 3.05) is 6.54 Å². The van der Waals surface area contributed by atoms with Crippen LogP contribution in [0.5, 0.6) is 0 Å². The number of amides is 2. The van der Waals surface area contributed by atoms with E-state index in [1.165, 1.54) is 11.0 Å². The molecule has 112 valence electrons. The Bertz CT molecular complexity index is 562. The summed E-state index contributed by atoms with van der Waals surface area (Å²) < 4.78 is 0. The summed E-state index contributed by atoms with van der Waals surface area (Å²) in [6, 6.07) is 6.28. The Balaban J connectivity index is 2.91. The van der Waals surface area contributed by atoms with Gasteiger partial charge < -0.3 is 15.7 Å². The minimum Gasteiger partial charge on any atom is -0.478 e. The van der Waals surface area contributed by atoms with Crippen LogP contribution < -0.4 is 5.73 Å².